The molecule has 0 spiro atoms. The van der Waals surface area contributed by atoms with Crippen LogP contribution in [0.4, 0.5) is 4.79 Å². The molecule has 0 fully saturated rings. The molecule has 0 saturated carbocycles. The minimum Gasteiger partial charge on any atom is -0.452 e. The lowest BCUT2D eigenvalue weighted by atomic mass is 10.7. The molecule has 8 heteroatoms. The standard InChI is InChI=1S/C6H9N3O4S/c1-9-4-3-5(7-9)14(11,12)8-6(10)13-2/h3-4H,1-2H3,(H,8,10). The van der Waals surface area contributed by atoms with Crippen LogP contribution < -0.4 is 4.72 Å². The molecule has 0 aliphatic rings. The van der Waals surface area contributed by atoms with E-state index < -0.39 is 16.1 Å². The molecule has 0 aliphatic heterocycles. The molecule has 0 aliphatic carbocycles. The number of ether oxygens (including phenoxy) is 1. The molecule has 7 nitrogen and oxygen atoms in total. The van der Waals surface area contributed by atoms with E-state index >= 15 is 0 Å². The number of nitrogens with one attached hydrogen (secondary N) is 1. The first-order valence-corrected chi connectivity index (χ1v) is 5.04. The lowest BCUT2D eigenvalue weighted by molar-refractivity contribution is 0.177. The Labute approximate surface area is 80.7 Å². The summed E-state index contributed by atoms with van der Waals surface area (Å²) in [6, 6.07) is 1.27. The maximum atomic E-state index is 11.3. The smallest absolute Gasteiger partial charge is 0.420 e. The first-order valence-electron chi connectivity index (χ1n) is 3.56. The van der Waals surface area contributed by atoms with E-state index in [0.717, 1.165) is 7.11 Å². The molecule has 1 amide bonds. The fraction of sp³-hybridized carbons (Fsp3) is 0.333. The predicted molar refractivity (Wildman–Crippen MR) is 45.9 cm³/mol. The minimum atomic E-state index is -3.91. The third-order valence-electron chi connectivity index (χ3n) is 1.37. The Bertz CT molecular complexity index is 436. The second-order valence-electron chi connectivity index (χ2n) is 2.42. The normalized spacial score (nSPS) is 11.0. The summed E-state index contributed by atoms with van der Waals surface area (Å²) in [6.45, 7) is 0. The van der Waals surface area contributed by atoms with Crippen molar-refractivity contribution in [1.82, 2.24) is 14.5 Å². The lowest BCUT2D eigenvalue weighted by Crippen LogP contribution is -2.30. The van der Waals surface area contributed by atoms with Gasteiger partial charge in [0.2, 0.25) is 0 Å². The maximum Gasteiger partial charge on any atom is 0.420 e. The number of methoxy groups -OCH3 is 1. The highest BCUT2D eigenvalue weighted by Gasteiger charge is 2.20. The van der Waals surface area contributed by atoms with E-state index in [1.807, 2.05) is 0 Å². The number of nitrogens with zero attached hydrogens (tertiary/aromatic N) is 2. The number of aryl methyl sites for hydroxylation is 1. The van der Waals surface area contributed by atoms with E-state index in [2.05, 4.69) is 9.84 Å². The molecule has 0 aromatic carbocycles. The van der Waals surface area contributed by atoms with Gasteiger partial charge in [-0.05, 0) is 6.07 Å². The number of aromatic nitrogens is 2. The predicted octanol–water partition coefficient (Wildman–Crippen LogP) is -0.535. The van der Waals surface area contributed by atoms with Gasteiger partial charge in [0.1, 0.15) is 0 Å². The molecule has 0 atom stereocenters. The van der Waals surface area contributed by atoms with E-state index in [1.54, 1.807) is 11.8 Å². The molecule has 0 bridgehead atoms. The summed E-state index contributed by atoms with van der Waals surface area (Å²) in [4.78, 5) is 10.7. The molecule has 14 heavy (non-hydrogen) atoms. The topological polar surface area (TPSA) is 90.3 Å². The molecular formula is C6H9N3O4S. The van der Waals surface area contributed by atoms with Crippen molar-refractivity contribution >= 4 is 16.1 Å². The van der Waals surface area contributed by atoms with Gasteiger partial charge in [-0.1, -0.05) is 0 Å². The first-order chi connectivity index (χ1) is 6.45. The Morgan fingerprint density at radius 1 is 1.64 bits per heavy atom. The highest BCUT2D eigenvalue weighted by atomic mass is 32.2. The van der Waals surface area contributed by atoms with Crippen LogP contribution in [0.25, 0.3) is 0 Å². The number of rotatable bonds is 2. The first kappa shape index (κ1) is 10.5. The summed E-state index contributed by atoms with van der Waals surface area (Å²) < 4.78 is 29.8. The van der Waals surface area contributed by atoms with Gasteiger partial charge in [-0.2, -0.15) is 13.5 Å². The van der Waals surface area contributed by atoms with Crippen molar-refractivity contribution < 1.29 is 17.9 Å². The summed E-state index contributed by atoms with van der Waals surface area (Å²) in [5.74, 6) is 0. The molecule has 1 heterocycles. The molecule has 0 radical (unpaired) electrons. The van der Waals surface area contributed by atoms with Crippen LogP contribution in [-0.2, 0) is 21.8 Å². The van der Waals surface area contributed by atoms with E-state index in [-0.39, 0.29) is 5.03 Å². The van der Waals surface area contributed by atoms with Gasteiger partial charge in [-0.25, -0.2) is 9.52 Å². The van der Waals surface area contributed by atoms with Crippen molar-refractivity contribution in [3.8, 4) is 0 Å². The van der Waals surface area contributed by atoms with Gasteiger partial charge in [0.15, 0.2) is 5.03 Å². The van der Waals surface area contributed by atoms with Gasteiger partial charge >= 0.3 is 6.09 Å². The maximum absolute atomic E-state index is 11.3. The second-order valence-corrected chi connectivity index (χ2v) is 4.05. The molecule has 1 aromatic heterocycles. The third-order valence-corrected chi connectivity index (χ3v) is 2.57. The van der Waals surface area contributed by atoms with Crippen molar-refractivity contribution in [2.45, 2.75) is 5.03 Å². The Kier molecular flexibility index (Phi) is 2.75. The number of carbonyl (C=O) groups excluding carboxylic acids is 1. The van der Waals surface area contributed by atoms with Gasteiger partial charge in [0.05, 0.1) is 7.11 Å². The van der Waals surface area contributed by atoms with E-state index in [1.165, 1.54) is 16.9 Å². The summed E-state index contributed by atoms with van der Waals surface area (Å²) in [7, 11) is -1.27. The van der Waals surface area contributed by atoms with Crippen LogP contribution in [0.1, 0.15) is 0 Å². The van der Waals surface area contributed by atoms with Gasteiger partial charge in [-0.15, -0.1) is 0 Å². The van der Waals surface area contributed by atoms with Crippen molar-refractivity contribution in [2.75, 3.05) is 7.11 Å². The van der Waals surface area contributed by atoms with Crippen LogP contribution >= 0.6 is 0 Å². The Morgan fingerprint density at radius 3 is 2.71 bits per heavy atom. The fourth-order valence-electron chi connectivity index (χ4n) is 0.741. The van der Waals surface area contributed by atoms with Crippen molar-refractivity contribution in [3.05, 3.63) is 12.3 Å². The summed E-state index contributed by atoms with van der Waals surface area (Å²) >= 11 is 0. The molecule has 78 valence electrons. The monoisotopic (exact) mass is 219 g/mol. The number of hydrogen-bond donors (Lipinski definition) is 1. The van der Waals surface area contributed by atoms with Crippen molar-refractivity contribution in [2.24, 2.45) is 7.05 Å². The Hall–Kier alpha value is -1.57. The largest absolute Gasteiger partial charge is 0.452 e. The van der Waals surface area contributed by atoms with Gasteiger partial charge in [-0.3, -0.25) is 4.68 Å². The van der Waals surface area contributed by atoms with Crippen LogP contribution in [-0.4, -0.2) is 31.4 Å². The van der Waals surface area contributed by atoms with Crippen LogP contribution in [0.3, 0.4) is 0 Å². The van der Waals surface area contributed by atoms with Crippen LogP contribution in [0.5, 0.6) is 0 Å². The summed E-state index contributed by atoms with van der Waals surface area (Å²) in [5, 5.41) is 3.40. The zero-order valence-corrected chi connectivity index (χ0v) is 8.41. The minimum absolute atomic E-state index is 0.231. The number of carbonyl (C=O) groups is 1. The van der Waals surface area contributed by atoms with Crippen LogP contribution in [0.2, 0.25) is 0 Å². The average Bonchev–Trinajstić information content (AvgIpc) is 2.51. The van der Waals surface area contributed by atoms with Gasteiger partial charge in [0, 0.05) is 13.2 Å². The highest BCUT2D eigenvalue weighted by Crippen LogP contribution is 2.03. The zero-order chi connectivity index (χ0) is 10.8. The SMILES string of the molecule is COC(=O)NS(=O)(=O)c1ccn(C)n1. The third kappa shape index (κ3) is 2.22. The number of amides is 1. The molecule has 0 unspecified atom stereocenters. The number of hydrogen-bond acceptors (Lipinski definition) is 5. The summed E-state index contributed by atoms with van der Waals surface area (Å²) in [5.41, 5.74) is 0. The zero-order valence-electron chi connectivity index (χ0n) is 7.59. The molecule has 0 saturated heterocycles. The van der Waals surface area contributed by atoms with E-state index in [0.29, 0.717) is 0 Å². The molecule has 1 rings (SSSR count). The van der Waals surface area contributed by atoms with Crippen molar-refractivity contribution in [1.29, 1.82) is 0 Å². The van der Waals surface area contributed by atoms with Crippen LogP contribution in [0, 0.1) is 0 Å². The fourth-order valence-corrected chi connectivity index (χ4v) is 1.62. The summed E-state index contributed by atoms with van der Waals surface area (Å²) in [6.07, 6.45) is 0.405. The Balaban J connectivity index is 2.92. The number of sulfonamides is 1. The molecule has 1 N–H and O–H groups in total. The highest BCUT2D eigenvalue weighted by molar-refractivity contribution is 7.90. The molecular weight excluding hydrogens is 210 g/mol. The van der Waals surface area contributed by atoms with E-state index in [9.17, 15) is 13.2 Å². The van der Waals surface area contributed by atoms with Crippen LogP contribution in [0.15, 0.2) is 17.3 Å². The van der Waals surface area contributed by atoms with Gasteiger partial charge < -0.3 is 4.74 Å². The second kappa shape index (κ2) is 3.66. The Morgan fingerprint density at radius 2 is 2.29 bits per heavy atom. The van der Waals surface area contributed by atoms with E-state index in [4.69, 9.17) is 0 Å². The van der Waals surface area contributed by atoms with Gasteiger partial charge in [0.25, 0.3) is 10.0 Å². The average molecular weight is 219 g/mol. The lowest BCUT2D eigenvalue weighted by Gasteiger charge is -2.01. The quantitative estimate of drug-likeness (QED) is 0.721. The van der Waals surface area contributed by atoms with Crippen molar-refractivity contribution in [3.63, 3.8) is 0 Å². The molecule has 1 aromatic rings.